The highest BCUT2D eigenvalue weighted by Gasteiger charge is 2.27. The number of halogens is 2. The summed E-state index contributed by atoms with van der Waals surface area (Å²) in [6.45, 7) is 6.42. The van der Waals surface area contributed by atoms with Crippen molar-refractivity contribution in [3.05, 3.63) is 34.6 Å². The molecule has 3 N–H and O–H groups in total. The van der Waals surface area contributed by atoms with Gasteiger partial charge in [0.2, 0.25) is 0 Å². The Hall–Kier alpha value is -0.640. The molecule has 0 bridgehead atoms. The van der Waals surface area contributed by atoms with Gasteiger partial charge in [0.25, 0.3) is 0 Å². The van der Waals surface area contributed by atoms with Crippen molar-refractivity contribution in [3.8, 4) is 0 Å². The van der Waals surface area contributed by atoms with Crippen molar-refractivity contribution in [2.75, 3.05) is 0 Å². The van der Waals surface area contributed by atoms with Gasteiger partial charge in [0, 0.05) is 11.1 Å². The maximum absolute atomic E-state index is 12.9. The monoisotopic (exact) mass is 258 g/mol. The fourth-order valence-electron chi connectivity index (χ4n) is 1.71. The third-order valence-corrected chi connectivity index (χ3v) is 3.85. The molecule has 4 heteroatoms. The van der Waals surface area contributed by atoms with Crippen LogP contribution in [0.4, 0.5) is 4.39 Å². The number of hydrogen-bond acceptors (Lipinski definition) is 2. The largest absolute Gasteiger partial charge is 0.271 e. The van der Waals surface area contributed by atoms with Crippen LogP contribution in [0, 0.1) is 11.2 Å². The van der Waals surface area contributed by atoms with E-state index < -0.39 is 0 Å². The predicted molar refractivity (Wildman–Crippen MR) is 70.3 cm³/mol. The van der Waals surface area contributed by atoms with Gasteiger partial charge < -0.3 is 0 Å². The van der Waals surface area contributed by atoms with Gasteiger partial charge in [-0.15, -0.1) is 0 Å². The number of rotatable bonds is 5. The van der Waals surface area contributed by atoms with E-state index in [0.717, 1.165) is 12.0 Å². The third kappa shape index (κ3) is 3.66. The van der Waals surface area contributed by atoms with Crippen LogP contribution in [-0.2, 0) is 6.42 Å². The summed E-state index contributed by atoms with van der Waals surface area (Å²) in [5.74, 6) is 5.28. The first-order valence-corrected chi connectivity index (χ1v) is 6.18. The van der Waals surface area contributed by atoms with Crippen molar-refractivity contribution in [1.29, 1.82) is 0 Å². The average molecular weight is 259 g/mol. The summed E-state index contributed by atoms with van der Waals surface area (Å²) in [5, 5.41) is 0.456. The first-order valence-electron chi connectivity index (χ1n) is 5.80. The Bertz CT molecular complexity index is 380. The Morgan fingerprint density at radius 1 is 1.47 bits per heavy atom. The van der Waals surface area contributed by atoms with Crippen molar-refractivity contribution in [1.82, 2.24) is 5.43 Å². The highest BCUT2D eigenvalue weighted by molar-refractivity contribution is 6.31. The standard InChI is InChI=1S/C13H20ClFN2/c1-4-13(2,3)12(17-16)7-9-5-6-10(15)8-11(9)14/h5-6,8,12,17H,4,7,16H2,1-3H3. The molecule has 0 aliphatic heterocycles. The number of nitrogens with two attached hydrogens (primary N) is 1. The molecule has 96 valence electrons. The molecule has 1 atom stereocenters. The second kappa shape index (κ2) is 5.80. The van der Waals surface area contributed by atoms with Gasteiger partial charge in [-0.1, -0.05) is 38.4 Å². The zero-order chi connectivity index (χ0) is 13.1. The van der Waals surface area contributed by atoms with Crippen LogP contribution in [0.3, 0.4) is 0 Å². The maximum atomic E-state index is 12.9. The minimum Gasteiger partial charge on any atom is -0.271 e. The minimum absolute atomic E-state index is 0.0620. The summed E-state index contributed by atoms with van der Waals surface area (Å²) in [6.07, 6.45) is 1.69. The number of hydrogen-bond donors (Lipinski definition) is 2. The summed E-state index contributed by atoms with van der Waals surface area (Å²) < 4.78 is 12.9. The van der Waals surface area contributed by atoms with Gasteiger partial charge in [-0.2, -0.15) is 0 Å². The first-order chi connectivity index (χ1) is 7.90. The molecule has 0 heterocycles. The van der Waals surface area contributed by atoms with Crippen LogP contribution >= 0.6 is 11.6 Å². The number of benzene rings is 1. The third-order valence-electron chi connectivity index (χ3n) is 3.49. The molecule has 1 aromatic carbocycles. The highest BCUT2D eigenvalue weighted by atomic mass is 35.5. The number of hydrazine groups is 1. The van der Waals surface area contributed by atoms with E-state index in [2.05, 4.69) is 26.2 Å². The van der Waals surface area contributed by atoms with Crippen LogP contribution in [0.25, 0.3) is 0 Å². The molecule has 0 spiro atoms. The lowest BCUT2D eigenvalue weighted by Gasteiger charge is -2.33. The van der Waals surface area contributed by atoms with E-state index in [1.807, 2.05) is 0 Å². The van der Waals surface area contributed by atoms with Gasteiger partial charge in [0.1, 0.15) is 5.82 Å². The van der Waals surface area contributed by atoms with E-state index in [4.69, 9.17) is 17.4 Å². The van der Waals surface area contributed by atoms with E-state index in [-0.39, 0.29) is 17.3 Å². The lowest BCUT2D eigenvalue weighted by atomic mass is 9.79. The smallest absolute Gasteiger partial charge is 0.124 e. The Morgan fingerprint density at radius 3 is 2.59 bits per heavy atom. The van der Waals surface area contributed by atoms with Gasteiger partial charge in [-0.05, 0) is 36.0 Å². The van der Waals surface area contributed by atoms with Crippen molar-refractivity contribution >= 4 is 11.6 Å². The molecule has 0 saturated heterocycles. The van der Waals surface area contributed by atoms with Crippen LogP contribution in [0.1, 0.15) is 32.8 Å². The summed E-state index contributed by atoms with van der Waals surface area (Å²) in [4.78, 5) is 0. The summed E-state index contributed by atoms with van der Waals surface area (Å²) >= 11 is 6.02. The Morgan fingerprint density at radius 2 is 2.12 bits per heavy atom. The quantitative estimate of drug-likeness (QED) is 0.628. The van der Waals surface area contributed by atoms with E-state index in [9.17, 15) is 4.39 Å². The molecule has 1 rings (SSSR count). The van der Waals surface area contributed by atoms with E-state index in [0.29, 0.717) is 11.4 Å². The molecule has 0 aromatic heterocycles. The highest BCUT2D eigenvalue weighted by Crippen LogP contribution is 2.29. The van der Waals surface area contributed by atoms with Crippen LogP contribution < -0.4 is 11.3 Å². The molecule has 1 aromatic rings. The first kappa shape index (κ1) is 14.4. The van der Waals surface area contributed by atoms with Gasteiger partial charge in [-0.3, -0.25) is 11.3 Å². The predicted octanol–water partition coefficient (Wildman–Crippen LogP) is 3.29. The van der Waals surface area contributed by atoms with Crippen LogP contribution in [0.5, 0.6) is 0 Å². The van der Waals surface area contributed by atoms with E-state index >= 15 is 0 Å². The lowest BCUT2D eigenvalue weighted by Crippen LogP contribution is -2.46. The number of nitrogens with one attached hydrogen (secondary N) is 1. The van der Waals surface area contributed by atoms with Gasteiger partial charge in [-0.25, -0.2) is 4.39 Å². The molecule has 2 nitrogen and oxygen atoms in total. The molecular formula is C13H20ClFN2. The van der Waals surface area contributed by atoms with Crippen molar-refractivity contribution in [2.24, 2.45) is 11.3 Å². The lowest BCUT2D eigenvalue weighted by molar-refractivity contribution is 0.231. The zero-order valence-corrected chi connectivity index (χ0v) is 11.3. The molecule has 0 aliphatic carbocycles. The molecule has 0 saturated carbocycles. The SMILES string of the molecule is CCC(C)(C)C(Cc1ccc(F)cc1Cl)NN. The molecule has 0 radical (unpaired) electrons. The molecule has 0 amide bonds. The summed E-state index contributed by atoms with van der Waals surface area (Å²) in [6, 6.07) is 4.58. The minimum atomic E-state index is -0.314. The Kier molecular flexibility index (Phi) is 4.92. The van der Waals surface area contributed by atoms with Crippen molar-refractivity contribution in [2.45, 2.75) is 39.7 Å². The van der Waals surface area contributed by atoms with Crippen molar-refractivity contribution < 1.29 is 4.39 Å². The summed E-state index contributed by atoms with van der Waals surface area (Å²) in [5.41, 5.74) is 3.81. The molecule has 0 aliphatic rings. The normalized spacial score (nSPS) is 13.8. The average Bonchev–Trinajstić information content (AvgIpc) is 2.27. The Labute approximate surface area is 107 Å². The van der Waals surface area contributed by atoms with E-state index in [1.165, 1.54) is 12.1 Å². The van der Waals surface area contributed by atoms with E-state index in [1.54, 1.807) is 6.07 Å². The topological polar surface area (TPSA) is 38.0 Å². The zero-order valence-electron chi connectivity index (χ0n) is 10.6. The van der Waals surface area contributed by atoms with Crippen LogP contribution in [0.2, 0.25) is 5.02 Å². The van der Waals surface area contributed by atoms with Gasteiger partial charge >= 0.3 is 0 Å². The summed E-state index contributed by atoms with van der Waals surface area (Å²) in [7, 11) is 0. The maximum Gasteiger partial charge on any atom is 0.124 e. The fourth-order valence-corrected chi connectivity index (χ4v) is 1.96. The van der Waals surface area contributed by atoms with Gasteiger partial charge in [0.15, 0.2) is 0 Å². The Balaban J connectivity index is 2.88. The van der Waals surface area contributed by atoms with Crippen molar-refractivity contribution in [3.63, 3.8) is 0 Å². The molecular weight excluding hydrogens is 239 g/mol. The molecule has 17 heavy (non-hydrogen) atoms. The van der Waals surface area contributed by atoms with Gasteiger partial charge in [0.05, 0.1) is 0 Å². The van der Waals surface area contributed by atoms with Crippen LogP contribution in [0.15, 0.2) is 18.2 Å². The fraction of sp³-hybridized carbons (Fsp3) is 0.538. The second-order valence-corrected chi connectivity index (χ2v) is 5.41. The molecule has 0 fully saturated rings. The molecule has 1 unspecified atom stereocenters. The second-order valence-electron chi connectivity index (χ2n) is 5.00. The van der Waals surface area contributed by atoms with Crippen LogP contribution in [-0.4, -0.2) is 6.04 Å².